The summed E-state index contributed by atoms with van der Waals surface area (Å²) >= 11 is 0. The van der Waals surface area contributed by atoms with E-state index < -0.39 is 17.8 Å². The molecule has 7 heteroatoms. The third-order valence-electron chi connectivity index (χ3n) is 5.59. The molecule has 2 aromatic rings. The van der Waals surface area contributed by atoms with E-state index in [-0.39, 0.29) is 25.1 Å². The maximum absolute atomic E-state index is 14.2. The Kier molecular flexibility index (Phi) is 7.87. The zero-order chi connectivity index (χ0) is 22.2. The molecule has 6 nitrogen and oxygen atoms in total. The summed E-state index contributed by atoms with van der Waals surface area (Å²) in [5.41, 5.74) is 0.348. The second-order valence-electron chi connectivity index (χ2n) is 7.74. The summed E-state index contributed by atoms with van der Waals surface area (Å²) in [7, 11) is 1.57. The first-order chi connectivity index (χ1) is 15.0. The fourth-order valence-corrected chi connectivity index (χ4v) is 3.68. The predicted octanol–water partition coefficient (Wildman–Crippen LogP) is 3.69. The van der Waals surface area contributed by atoms with E-state index in [2.05, 4.69) is 5.32 Å². The molecule has 1 saturated carbocycles. The van der Waals surface area contributed by atoms with E-state index in [0.717, 1.165) is 25.7 Å². The molecule has 1 N–H and O–H groups in total. The number of nitrogens with zero attached hydrogens (tertiary/aromatic N) is 1. The van der Waals surface area contributed by atoms with Crippen molar-refractivity contribution >= 4 is 11.8 Å². The van der Waals surface area contributed by atoms with Crippen LogP contribution in [-0.2, 0) is 16.1 Å². The van der Waals surface area contributed by atoms with Crippen LogP contribution in [0.2, 0.25) is 0 Å². The lowest BCUT2D eigenvalue weighted by atomic mass is 10.1. The molecule has 0 radical (unpaired) electrons. The van der Waals surface area contributed by atoms with Gasteiger partial charge in [0, 0.05) is 18.2 Å². The van der Waals surface area contributed by atoms with Crippen LogP contribution >= 0.6 is 0 Å². The number of rotatable bonds is 9. The van der Waals surface area contributed by atoms with Crippen LogP contribution in [0.1, 0.15) is 38.2 Å². The molecule has 0 saturated heterocycles. The highest BCUT2D eigenvalue weighted by Gasteiger charge is 2.29. The van der Waals surface area contributed by atoms with Gasteiger partial charge in [0.05, 0.1) is 7.11 Å². The molecular weight excluding hydrogens is 399 g/mol. The van der Waals surface area contributed by atoms with E-state index in [4.69, 9.17) is 9.47 Å². The van der Waals surface area contributed by atoms with Crippen LogP contribution in [0.5, 0.6) is 11.5 Å². The Morgan fingerprint density at radius 3 is 2.39 bits per heavy atom. The number of nitrogens with one attached hydrogen (secondary N) is 1. The van der Waals surface area contributed by atoms with E-state index in [9.17, 15) is 14.0 Å². The summed E-state index contributed by atoms with van der Waals surface area (Å²) in [4.78, 5) is 27.2. The maximum atomic E-state index is 14.2. The Hall–Kier alpha value is -3.09. The van der Waals surface area contributed by atoms with Gasteiger partial charge in [-0.15, -0.1) is 0 Å². The lowest BCUT2D eigenvalue weighted by Crippen LogP contribution is -2.50. The quantitative estimate of drug-likeness (QED) is 0.662. The summed E-state index contributed by atoms with van der Waals surface area (Å²) in [5.74, 6) is 0.133. The summed E-state index contributed by atoms with van der Waals surface area (Å²) in [5, 5.41) is 3.02. The van der Waals surface area contributed by atoms with Crippen LogP contribution in [0.15, 0.2) is 48.5 Å². The van der Waals surface area contributed by atoms with Crippen molar-refractivity contribution in [3.05, 3.63) is 59.9 Å². The third-order valence-corrected chi connectivity index (χ3v) is 5.59. The van der Waals surface area contributed by atoms with E-state index in [1.807, 2.05) is 0 Å². The first-order valence-corrected chi connectivity index (χ1v) is 10.6. The van der Waals surface area contributed by atoms with E-state index >= 15 is 0 Å². The zero-order valence-corrected chi connectivity index (χ0v) is 18.0. The molecule has 0 heterocycles. The van der Waals surface area contributed by atoms with Gasteiger partial charge in [0.25, 0.3) is 5.91 Å². The predicted molar refractivity (Wildman–Crippen MR) is 115 cm³/mol. The van der Waals surface area contributed by atoms with Crippen LogP contribution in [0.3, 0.4) is 0 Å². The highest BCUT2D eigenvalue weighted by atomic mass is 19.1. The molecular formula is C24H29FN2O4. The van der Waals surface area contributed by atoms with Gasteiger partial charge in [-0.2, -0.15) is 0 Å². The number of halogens is 1. The summed E-state index contributed by atoms with van der Waals surface area (Å²) in [6.07, 6.45) is 4.07. The third kappa shape index (κ3) is 6.20. The average Bonchev–Trinajstić information content (AvgIpc) is 3.30. The number of ether oxygens (including phenoxy) is 2. The molecule has 1 aliphatic rings. The van der Waals surface area contributed by atoms with Crippen molar-refractivity contribution in [1.29, 1.82) is 0 Å². The molecule has 31 heavy (non-hydrogen) atoms. The van der Waals surface area contributed by atoms with Gasteiger partial charge in [0.2, 0.25) is 5.91 Å². The van der Waals surface area contributed by atoms with Crippen molar-refractivity contribution in [2.45, 2.75) is 51.2 Å². The molecule has 0 aliphatic heterocycles. The van der Waals surface area contributed by atoms with Crippen molar-refractivity contribution in [2.24, 2.45) is 0 Å². The summed E-state index contributed by atoms with van der Waals surface area (Å²) < 4.78 is 25.0. The number of amides is 2. The van der Waals surface area contributed by atoms with Crippen LogP contribution < -0.4 is 14.8 Å². The summed E-state index contributed by atoms with van der Waals surface area (Å²) in [6.45, 7) is 1.38. The Morgan fingerprint density at radius 2 is 1.74 bits per heavy atom. The molecule has 2 amide bonds. The van der Waals surface area contributed by atoms with E-state index in [1.54, 1.807) is 56.5 Å². The molecule has 2 aromatic carbocycles. The van der Waals surface area contributed by atoms with Gasteiger partial charge in [-0.25, -0.2) is 4.39 Å². The van der Waals surface area contributed by atoms with Crippen molar-refractivity contribution in [3.63, 3.8) is 0 Å². The lowest BCUT2D eigenvalue weighted by Gasteiger charge is -2.29. The van der Waals surface area contributed by atoms with Crippen LogP contribution in [0, 0.1) is 5.82 Å². The minimum Gasteiger partial charge on any atom is -0.497 e. The first-order valence-electron chi connectivity index (χ1n) is 10.6. The van der Waals surface area contributed by atoms with Crippen molar-refractivity contribution in [3.8, 4) is 11.5 Å². The maximum Gasteiger partial charge on any atom is 0.261 e. The fraction of sp³-hybridized carbons (Fsp3) is 0.417. The highest BCUT2D eigenvalue weighted by Crippen LogP contribution is 2.20. The van der Waals surface area contributed by atoms with Gasteiger partial charge in [0.15, 0.2) is 6.61 Å². The molecule has 1 atom stereocenters. The number of methoxy groups -OCH3 is 1. The monoisotopic (exact) mass is 428 g/mol. The van der Waals surface area contributed by atoms with Crippen LogP contribution in [-0.4, -0.2) is 42.5 Å². The van der Waals surface area contributed by atoms with Crippen molar-refractivity contribution < 1.29 is 23.5 Å². The second-order valence-corrected chi connectivity index (χ2v) is 7.74. The first kappa shape index (κ1) is 22.6. The second kappa shape index (κ2) is 10.8. The zero-order valence-electron chi connectivity index (χ0n) is 18.0. The number of carbonyl (C=O) groups excluding carboxylic acids is 2. The molecule has 0 bridgehead atoms. The number of hydrogen-bond donors (Lipinski definition) is 1. The molecule has 1 fully saturated rings. The molecule has 0 aromatic heterocycles. The van der Waals surface area contributed by atoms with Gasteiger partial charge >= 0.3 is 0 Å². The molecule has 0 unspecified atom stereocenters. The van der Waals surface area contributed by atoms with Crippen LogP contribution in [0.25, 0.3) is 0 Å². The topological polar surface area (TPSA) is 67.9 Å². The number of carbonyl (C=O) groups is 2. The van der Waals surface area contributed by atoms with Gasteiger partial charge in [0.1, 0.15) is 23.4 Å². The standard InChI is InChI=1S/C24H29FN2O4/c1-17(24(29)26-19-8-4-5-9-19)27(15-18-7-3-6-10-22(18)25)23(28)16-31-21-13-11-20(30-2)12-14-21/h3,6-7,10-14,17,19H,4-5,8-9,15-16H2,1-2H3,(H,26,29)/t17-/m1/s1. The smallest absolute Gasteiger partial charge is 0.261 e. The SMILES string of the molecule is COc1ccc(OCC(=O)N(Cc2ccccc2F)[C@H](C)C(=O)NC2CCCC2)cc1. The normalized spacial score (nSPS) is 14.7. The van der Waals surface area contributed by atoms with Gasteiger partial charge in [-0.3, -0.25) is 9.59 Å². The van der Waals surface area contributed by atoms with Gasteiger partial charge in [-0.05, 0) is 50.1 Å². The minimum absolute atomic E-state index is 0.0171. The highest BCUT2D eigenvalue weighted by molar-refractivity contribution is 5.88. The fourth-order valence-electron chi connectivity index (χ4n) is 3.68. The Morgan fingerprint density at radius 1 is 1.10 bits per heavy atom. The van der Waals surface area contributed by atoms with Gasteiger partial charge < -0.3 is 19.7 Å². The van der Waals surface area contributed by atoms with Crippen molar-refractivity contribution in [1.82, 2.24) is 10.2 Å². The molecule has 0 spiro atoms. The van der Waals surface area contributed by atoms with Gasteiger partial charge in [-0.1, -0.05) is 31.0 Å². The minimum atomic E-state index is -0.757. The average molecular weight is 429 g/mol. The van der Waals surface area contributed by atoms with Crippen LogP contribution in [0.4, 0.5) is 4.39 Å². The number of benzene rings is 2. The molecule has 1 aliphatic carbocycles. The van der Waals surface area contributed by atoms with Crippen molar-refractivity contribution in [2.75, 3.05) is 13.7 Å². The molecule has 3 rings (SSSR count). The largest absolute Gasteiger partial charge is 0.497 e. The number of hydrogen-bond acceptors (Lipinski definition) is 4. The Labute approximate surface area is 182 Å². The van der Waals surface area contributed by atoms with E-state index in [0.29, 0.717) is 17.1 Å². The molecule has 166 valence electrons. The lowest BCUT2D eigenvalue weighted by molar-refractivity contribution is -0.142. The summed E-state index contributed by atoms with van der Waals surface area (Å²) in [6, 6.07) is 12.5. The Balaban J connectivity index is 1.70. The van der Waals surface area contributed by atoms with E-state index in [1.165, 1.54) is 11.0 Å². The Bertz CT molecular complexity index is 881.